The van der Waals surface area contributed by atoms with Crippen LogP contribution in [0.15, 0.2) is 0 Å². The maximum Gasteiger partial charge on any atom is 0.308 e. The summed E-state index contributed by atoms with van der Waals surface area (Å²) >= 11 is 0. The van der Waals surface area contributed by atoms with Gasteiger partial charge in [0.05, 0.1) is 12.5 Å². The van der Waals surface area contributed by atoms with Crippen molar-refractivity contribution in [2.75, 3.05) is 13.2 Å². The Kier molecular flexibility index (Phi) is 19.8. The Morgan fingerprint density at radius 3 is 1.61 bits per heavy atom. The Hall–Kier alpha value is -0.280. The minimum Gasteiger partial charge on any atom is -0.465 e. The molecule has 0 aromatic heterocycles. The molecule has 0 heterocycles. The number of nitrogens with two attached hydrogens (primary N) is 1. The van der Waals surface area contributed by atoms with Crippen LogP contribution in [0.3, 0.4) is 0 Å². The number of carbonyl (C=O) groups excluding carboxylic acids is 1. The molecular formula is C24H48ClNO2. The minimum absolute atomic E-state index is 0. The highest BCUT2D eigenvalue weighted by atomic mass is 35.5. The average Bonchev–Trinajstić information content (AvgIpc) is 2.70. The predicted molar refractivity (Wildman–Crippen MR) is 123 cm³/mol. The van der Waals surface area contributed by atoms with Crippen molar-refractivity contribution in [3.63, 3.8) is 0 Å². The highest BCUT2D eigenvalue weighted by Gasteiger charge is 2.26. The Morgan fingerprint density at radius 2 is 1.18 bits per heavy atom. The molecule has 0 atom stereocenters. The smallest absolute Gasteiger partial charge is 0.308 e. The van der Waals surface area contributed by atoms with Gasteiger partial charge in [0.2, 0.25) is 0 Å². The second-order valence-electron chi connectivity index (χ2n) is 8.72. The van der Waals surface area contributed by atoms with Crippen LogP contribution in [-0.2, 0) is 9.53 Å². The van der Waals surface area contributed by atoms with E-state index in [1.54, 1.807) is 0 Å². The van der Waals surface area contributed by atoms with Gasteiger partial charge in [-0.05, 0) is 44.6 Å². The summed E-state index contributed by atoms with van der Waals surface area (Å²) in [5.74, 6) is 0.805. The molecule has 1 aliphatic rings. The summed E-state index contributed by atoms with van der Waals surface area (Å²) in [5, 5.41) is 0. The summed E-state index contributed by atoms with van der Waals surface area (Å²) in [4.78, 5) is 12.1. The summed E-state index contributed by atoms with van der Waals surface area (Å²) in [6.45, 7) is 3.66. The van der Waals surface area contributed by atoms with Crippen molar-refractivity contribution in [2.24, 2.45) is 17.6 Å². The number of rotatable bonds is 17. The molecule has 0 unspecified atom stereocenters. The van der Waals surface area contributed by atoms with Gasteiger partial charge in [-0.2, -0.15) is 0 Å². The van der Waals surface area contributed by atoms with E-state index in [0.29, 0.717) is 12.5 Å². The fourth-order valence-corrected chi connectivity index (χ4v) is 4.22. The van der Waals surface area contributed by atoms with Crippen LogP contribution in [0.4, 0.5) is 0 Å². The van der Waals surface area contributed by atoms with E-state index < -0.39 is 0 Å². The minimum atomic E-state index is 0. The standard InChI is InChI=1S/C24H47NO2.ClH/c1-2-3-4-5-6-7-8-9-10-11-12-13-14-15-20-27-24(26)23-18-16-22(21-25)17-19-23;/h22-23H,2-21,25H2,1H3;1H/t22-,23-;. The zero-order valence-electron chi connectivity index (χ0n) is 18.6. The first-order valence-electron chi connectivity index (χ1n) is 12.1. The maximum atomic E-state index is 12.1. The van der Waals surface area contributed by atoms with Crippen LogP contribution in [0.5, 0.6) is 0 Å². The molecule has 0 bridgehead atoms. The van der Waals surface area contributed by atoms with Crippen molar-refractivity contribution in [3.05, 3.63) is 0 Å². The van der Waals surface area contributed by atoms with Crippen LogP contribution < -0.4 is 5.73 Å². The number of unbranched alkanes of at least 4 members (excludes halogenated alkanes) is 13. The second-order valence-corrected chi connectivity index (χ2v) is 8.72. The predicted octanol–water partition coefficient (Wildman–Crippen LogP) is 7.20. The summed E-state index contributed by atoms with van der Waals surface area (Å²) in [5.41, 5.74) is 5.71. The summed E-state index contributed by atoms with van der Waals surface area (Å²) in [7, 11) is 0. The molecular weight excluding hydrogens is 370 g/mol. The highest BCUT2D eigenvalue weighted by Crippen LogP contribution is 2.28. The number of halogens is 1. The zero-order chi connectivity index (χ0) is 19.6. The molecule has 0 aromatic rings. The van der Waals surface area contributed by atoms with Crippen molar-refractivity contribution >= 4 is 18.4 Å². The van der Waals surface area contributed by atoms with Crippen LogP contribution in [0, 0.1) is 11.8 Å². The lowest BCUT2D eigenvalue weighted by Crippen LogP contribution is -2.27. The van der Waals surface area contributed by atoms with E-state index in [2.05, 4.69) is 6.92 Å². The van der Waals surface area contributed by atoms with E-state index >= 15 is 0 Å². The number of ether oxygens (including phenoxy) is 1. The van der Waals surface area contributed by atoms with Gasteiger partial charge in [0, 0.05) is 0 Å². The average molecular weight is 418 g/mol. The van der Waals surface area contributed by atoms with Crippen LogP contribution >= 0.6 is 12.4 Å². The van der Waals surface area contributed by atoms with Crippen LogP contribution in [0.25, 0.3) is 0 Å². The number of hydrogen-bond donors (Lipinski definition) is 1. The van der Waals surface area contributed by atoms with E-state index in [4.69, 9.17) is 10.5 Å². The molecule has 2 N–H and O–H groups in total. The molecule has 4 heteroatoms. The number of hydrogen-bond acceptors (Lipinski definition) is 3. The molecule has 0 aliphatic heterocycles. The van der Waals surface area contributed by atoms with Gasteiger partial charge in [-0.25, -0.2) is 0 Å². The van der Waals surface area contributed by atoms with Crippen molar-refractivity contribution in [3.8, 4) is 0 Å². The lowest BCUT2D eigenvalue weighted by molar-refractivity contribution is -0.150. The lowest BCUT2D eigenvalue weighted by atomic mass is 9.82. The van der Waals surface area contributed by atoms with Crippen molar-refractivity contribution < 1.29 is 9.53 Å². The molecule has 0 spiro atoms. The maximum absolute atomic E-state index is 12.1. The second kappa shape index (κ2) is 20.0. The summed E-state index contributed by atoms with van der Waals surface area (Å²) in [6.07, 6.45) is 23.1. The number of carbonyl (C=O) groups is 1. The van der Waals surface area contributed by atoms with E-state index in [0.717, 1.165) is 38.6 Å². The zero-order valence-corrected chi connectivity index (χ0v) is 19.4. The highest BCUT2D eigenvalue weighted by molar-refractivity contribution is 5.85. The quantitative estimate of drug-likeness (QED) is 0.201. The fraction of sp³-hybridized carbons (Fsp3) is 0.958. The summed E-state index contributed by atoms with van der Waals surface area (Å²) < 4.78 is 5.49. The molecule has 168 valence electrons. The van der Waals surface area contributed by atoms with Crippen molar-refractivity contribution in [1.82, 2.24) is 0 Å². The summed E-state index contributed by atoms with van der Waals surface area (Å²) in [6, 6.07) is 0. The van der Waals surface area contributed by atoms with Gasteiger partial charge in [-0.15, -0.1) is 12.4 Å². The molecule has 1 fully saturated rings. The normalized spacial score (nSPS) is 19.2. The molecule has 0 radical (unpaired) electrons. The number of esters is 1. The third-order valence-electron chi connectivity index (χ3n) is 6.26. The third-order valence-corrected chi connectivity index (χ3v) is 6.26. The van der Waals surface area contributed by atoms with Crippen molar-refractivity contribution in [1.29, 1.82) is 0 Å². The SMILES string of the molecule is CCCCCCCCCCCCCCCCOC(=O)[C@H]1CC[C@H](CN)CC1.Cl. The molecule has 1 rings (SSSR count). The molecule has 0 aromatic carbocycles. The van der Waals surface area contributed by atoms with Gasteiger partial charge in [-0.3, -0.25) is 4.79 Å². The third kappa shape index (κ3) is 14.7. The molecule has 0 amide bonds. The fourth-order valence-electron chi connectivity index (χ4n) is 4.22. The first kappa shape index (κ1) is 27.7. The topological polar surface area (TPSA) is 52.3 Å². The Labute approximate surface area is 181 Å². The van der Waals surface area contributed by atoms with Crippen LogP contribution in [0.1, 0.15) is 122 Å². The van der Waals surface area contributed by atoms with E-state index in [-0.39, 0.29) is 24.3 Å². The van der Waals surface area contributed by atoms with Gasteiger partial charge in [-0.1, -0.05) is 90.4 Å². The molecule has 1 aliphatic carbocycles. The monoisotopic (exact) mass is 417 g/mol. The largest absolute Gasteiger partial charge is 0.465 e. The van der Waals surface area contributed by atoms with Crippen LogP contribution in [0.2, 0.25) is 0 Å². The van der Waals surface area contributed by atoms with Crippen LogP contribution in [-0.4, -0.2) is 19.1 Å². The molecule has 28 heavy (non-hydrogen) atoms. The molecule has 1 saturated carbocycles. The Bertz CT molecular complexity index is 343. The van der Waals surface area contributed by atoms with E-state index in [1.807, 2.05) is 0 Å². The van der Waals surface area contributed by atoms with Gasteiger partial charge < -0.3 is 10.5 Å². The Balaban J connectivity index is 0.00000729. The molecule has 0 saturated heterocycles. The first-order valence-corrected chi connectivity index (χ1v) is 12.1. The van der Waals surface area contributed by atoms with E-state index in [1.165, 1.54) is 83.5 Å². The Morgan fingerprint density at radius 1 is 0.750 bits per heavy atom. The first-order chi connectivity index (χ1) is 13.3. The van der Waals surface area contributed by atoms with Crippen molar-refractivity contribution in [2.45, 2.75) is 122 Å². The molecule has 3 nitrogen and oxygen atoms in total. The van der Waals surface area contributed by atoms with Gasteiger partial charge in [0.15, 0.2) is 0 Å². The van der Waals surface area contributed by atoms with Gasteiger partial charge >= 0.3 is 5.97 Å². The van der Waals surface area contributed by atoms with Gasteiger partial charge in [0.25, 0.3) is 0 Å². The lowest BCUT2D eigenvalue weighted by Gasteiger charge is -2.26. The van der Waals surface area contributed by atoms with Gasteiger partial charge in [0.1, 0.15) is 0 Å². The van der Waals surface area contributed by atoms with E-state index in [9.17, 15) is 4.79 Å².